The van der Waals surface area contributed by atoms with Gasteiger partial charge in [0.25, 0.3) is 0 Å². The van der Waals surface area contributed by atoms with Gasteiger partial charge in [0, 0.05) is 56.6 Å². The van der Waals surface area contributed by atoms with Gasteiger partial charge in [-0.3, -0.25) is 15.0 Å². The second kappa shape index (κ2) is 10.3. The van der Waals surface area contributed by atoms with Crippen molar-refractivity contribution < 1.29 is 14.8 Å². The lowest BCUT2D eigenvalue weighted by Crippen LogP contribution is -2.47. The number of hydrogen-bond acceptors (Lipinski definition) is 6. The third-order valence-electron chi connectivity index (χ3n) is 5.14. The fraction of sp³-hybridized carbons (Fsp3) is 0.647. The van der Waals surface area contributed by atoms with Crippen molar-refractivity contribution in [2.24, 2.45) is 5.92 Å². The number of nitrogens with one attached hydrogen (secondary N) is 1. The summed E-state index contributed by atoms with van der Waals surface area (Å²) in [6, 6.07) is 3.61. The number of hydrogen-bond donors (Lipinski definition) is 2. The number of nitrogens with zero attached hydrogens (tertiary/aromatic N) is 2. The van der Waals surface area contributed by atoms with Crippen LogP contribution < -0.4 is 5.32 Å². The molecule has 2 fully saturated rings. The zero-order valence-corrected chi connectivity index (χ0v) is 16.5. The second-order valence-electron chi connectivity index (χ2n) is 6.61. The summed E-state index contributed by atoms with van der Waals surface area (Å²) in [4.78, 5) is 13.2. The Morgan fingerprint density at radius 3 is 2.46 bits per heavy atom. The van der Waals surface area contributed by atoms with Crippen LogP contribution in [0.25, 0.3) is 0 Å². The first-order chi connectivity index (χ1) is 11.6. The molecule has 0 aliphatic carbocycles. The molecule has 148 valence electrons. The topological polar surface area (TPSA) is 87.9 Å². The molecule has 2 N–H and O–H groups in total. The highest BCUT2D eigenvalue weighted by atomic mass is 35.5. The Kier molecular flexibility index (Phi) is 9.06. The zero-order valence-electron chi connectivity index (χ0n) is 14.8. The molecule has 0 spiro atoms. The number of halogens is 2. The van der Waals surface area contributed by atoms with Gasteiger partial charge in [-0.15, -0.1) is 24.8 Å². The van der Waals surface area contributed by atoms with Gasteiger partial charge in [0.1, 0.15) is 0 Å². The number of piperazine rings is 1. The average molecular weight is 408 g/mol. The maximum Gasteiger partial charge on any atom is 0.313 e. The van der Waals surface area contributed by atoms with Crippen molar-refractivity contribution in [3.8, 4) is 5.75 Å². The van der Waals surface area contributed by atoms with Gasteiger partial charge >= 0.3 is 5.69 Å². The third kappa shape index (κ3) is 4.78. The van der Waals surface area contributed by atoms with Crippen molar-refractivity contribution in [3.63, 3.8) is 0 Å². The molecule has 26 heavy (non-hydrogen) atoms. The fourth-order valence-corrected chi connectivity index (χ4v) is 3.91. The van der Waals surface area contributed by atoms with E-state index in [4.69, 9.17) is 4.74 Å². The molecule has 2 aliphatic heterocycles. The first-order valence-electron chi connectivity index (χ1n) is 8.59. The van der Waals surface area contributed by atoms with Gasteiger partial charge in [-0.25, -0.2) is 0 Å². The minimum absolute atomic E-state index is 0. The maximum absolute atomic E-state index is 11.4. The maximum atomic E-state index is 11.4. The fourth-order valence-electron chi connectivity index (χ4n) is 3.91. The number of aromatic hydroxyl groups is 1. The van der Waals surface area contributed by atoms with Crippen LogP contribution in [0, 0.1) is 23.0 Å². The van der Waals surface area contributed by atoms with E-state index in [0.29, 0.717) is 30.3 Å². The van der Waals surface area contributed by atoms with Crippen LogP contribution in [0.15, 0.2) is 12.1 Å². The molecule has 9 heteroatoms. The lowest BCUT2D eigenvalue weighted by Gasteiger charge is -2.41. The van der Waals surface area contributed by atoms with E-state index in [0.717, 1.165) is 39.0 Å². The summed E-state index contributed by atoms with van der Waals surface area (Å²) in [6.07, 6.45) is 1.82. The minimum atomic E-state index is -0.479. The van der Waals surface area contributed by atoms with Gasteiger partial charge < -0.3 is 15.2 Å². The number of benzene rings is 1. The SMILES string of the molecule is Cc1ccc([C@@H](C2CCOCC2)N2CCNCC2)c(O)c1[N+](=O)[O-].Cl.Cl. The number of aryl methyl sites for hydroxylation is 1. The lowest BCUT2D eigenvalue weighted by atomic mass is 9.84. The van der Waals surface area contributed by atoms with Crippen LogP contribution in [0.3, 0.4) is 0 Å². The highest BCUT2D eigenvalue weighted by Crippen LogP contribution is 2.43. The molecule has 1 aromatic carbocycles. The van der Waals surface area contributed by atoms with E-state index < -0.39 is 4.92 Å². The Morgan fingerprint density at radius 2 is 1.88 bits per heavy atom. The normalized spacial score (nSPS) is 19.9. The highest BCUT2D eigenvalue weighted by Gasteiger charge is 2.35. The monoisotopic (exact) mass is 407 g/mol. The summed E-state index contributed by atoms with van der Waals surface area (Å²) >= 11 is 0. The molecule has 0 unspecified atom stereocenters. The van der Waals surface area contributed by atoms with Crippen molar-refractivity contribution in [1.29, 1.82) is 0 Å². The van der Waals surface area contributed by atoms with Gasteiger partial charge in [0.2, 0.25) is 0 Å². The van der Waals surface area contributed by atoms with E-state index in [2.05, 4.69) is 10.2 Å². The van der Waals surface area contributed by atoms with Gasteiger partial charge in [-0.2, -0.15) is 0 Å². The Labute approximate surface area is 166 Å². The van der Waals surface area contributed by atoms with Gasteiger partial charge in [-0.1, -0.05) is 12.1 Å². The standard InChI is InChI=1S/C17H25N3O4.2ClH/c1-12-2-3-14(17(21)15(12)20(22)23)16(13-4-10-24-11-5-13)19-8-6-18-7-9-19;;/h2-3,13,16,18,21H,4-11H2,1H3;2*1H/t16-;;/m1../s1. The van der Waals surface area contributed by atoms with Crippen LogP contribution in [-0.2, 0) is 4.74 Å². The number of phenols is 1. The van der Waals surface area contributed by atoms with Gasteiger partial charge in [0.15, 0.2) is 5.75 Å². The molecule has 0 aromatic heterocycles. The number of rotatable bonds is 4. The van der Waals surface area contributed by atoms with Crippen LogP contribution in [0.4, 0.5) is 5.69 Å². The van der Waals surface area contributed by atoms with Crippen LogP contribution in [0.2, 0.25) is 0 Å². The molecule has 0 saturated carbocycles. The number of nitro groups is 1. The Bertz CT molecular complexity index is 588. The van der Waals surface area contributed by atoms with Crippen molar-refractivity contribution in [2.75, 3.05) is 39.4 Å². The van der Waals surface area contributed by atoms with Crippen LogP contribution in [-0.4, -0.2) is 54.3 Å². The second-order valence-corrected chi connectivity index (χ2v) is 6.61. The third-order valence-corrected chi connectivity index (χ3v) is 5.14. The van der Waals surface area contributed by atoms with Crippen LogP contribution in [0.1, 0.15) is 30.0 Å². The summed E-state index contributed by atoms with van der Waals surface area (Å²) in [5, 5.41) is 25.4. The first kappa shape index (κ1) is 22.9. The summed E-state index contributed by atoms with van der Waals surface area (Å²) in [5.41, 5.74) is 1.01. The molecule has 0 bridgehead atoms. The van der Waals surface area contributed by atoms with Crippen LogP contribution in [0.5, 0.6) is 5.75 Å². The number of nitro benzene ring substituents is 1. The molecule has 0 amide bonds. The quantitative estimate of drug-likeness (QED) is 0.589. The van der Waals surface area contributed by atoms with Crippen molar-refractivity contribution >= 4 is 30.5 Å². The molecule has 7 nitrogen and oxygen atoms in total. The molecule has 3 rings (SSSR count). The van der Waals surface area contributed by atoms with Crippen molar-refractivity contribution in [1.82, 2.24) is 10.2 Å². The van der Waals surface area contributed by atoms with E-state index in [1.165, 1.54) is 0 Å². The van der Waals surface area contributed by atoms with Crippen LogP contribution >= 0.6 is 24.8 Å². The van der Waals surface area contributed by atoms with Crippen molar-refractivity contribution in [3.05, 3.63) is 33.4 Å². The van der Waals surface area contributed by atoms with E-state index in [9.17, 15) is 15.2 Å². The molecule has 2 heterocycles. The zero-order chi connectivity index (χ0) is 17.1. The Balaban J connectivity index is 0.00000169. The molecule has 1 aromatic rings. The number of phenolic OH excluding ortho intramolecular Hbond substituents is 1. The predicted molar refractivity (Wildman–Crippen MR) is 105 cm³/mol. The average Bonchev–Trinajstić information content (AvgIpc) is 2.59. The number of ether oxygens (including phenoxy) is 1. The summed E-state index contributed by atoms with van der Waals surface area (Å²) < 4.78 is 5.48. The smallest absolute Gasteiger partial charge is 0.313 e. The molecular formula is C17H27Cl2N3O4. The van der Waals surface area contributed by atoms with E-state index >= 15 is 0 Å². The first-order valence-corrected chi connectivity index (χ1v) is 8.59. The predicted octanol–water partition coefficient (Wildman–Crippen LogP) is 2.83. The summed E-state index contributed by atoms with van der Waals surface area (Å²) in [5.74, 6) is 0.167. The minimum Gasteiger partial charge on any atom is -0.502 e. The molecular weight excluding hydrogens is 381 g/mol. The van der Waals surface area contributed by atoms with Gasteiger partial charge in [0.05, 0.1) is 4.92 Å². The lowest BCUT2D eigenvalue weighted by molar-refractivity contribution is -0.386. The Hall–Kier alpha value is -1.12. The largest absolute Gasteiger partial charge is 0.502 e. The highest BCUT2D eigenvalue weighted by molar-refractivity contribution is 5.85. The van der Waals surface area contributed by atoms with E-state index in [1.54, 1.807) is 13.0 Å². The molecule has 0 radical (unpaired) electrons. The molecule has 1 atom stereocenters. The van der Waals surface area contributed by atoms with E-state index in [1.807, 2.05) is 6.07 Å². The molecule has 2 saturated heterocycles. The van der Waals surface area contributed by atoms with Crippen molar-refractivity contribution in [2.45, 2.75) is 25.8 Å². The molecule has 2 aliphatic rings. The van der Waals surface area contributed by atoms with Gasteiger partial charge in [-0.05, 0) is 25.7 Å². The Morgan fingerprint density at radius 1 is 1.27 bits per heavy atom. The summed E-state index contributed by atoms with van der Waals surface area (Å²) in [6.45, 7) is 6.63. The summed E-state index contributed by atoms with van der Waals surface area (Å²) in [7, 11) is 0. The van der Waals surface area contributed by atoms with E-state index in [-0.39, 0.29) is 42.3 Å².